The summed E-state index contributed by atoms with van der Waals surface area (Å²) in [6, 6.07) is 9.82. The van der Waals surface area contributed by atoms with Crippen molar-refractivity contribution in [3.63, 3.8) is 0 Å². The van der Waals surface area contributed by atoms with E-state index in [1.54, 1.807) is 6.07 Å². The van der Waals surface area contributed by atoms with Gasteiger partial charge in [-0.05, 0) is 37.1 Å². The van der Waals surface area contributed by atoms with Gasteiger partial charge >= 0.3 is 5.97 Å². The molecule has 2 aromatic heterocycles. The first-order chi connectivity index (χ1) is 10.1. The van der Waals surface area contributed by atoms with E-state index in [1.807, 2.05) is 29.8 Å². The molecule has 0 fully saturated rings. The van der Waals surface area contributed by atoms with Gasteiger partial charge in [0.2, 0.25) is 0 Å². The van der Waals surface area contributed by atoms with Gasteiger partial charge in [-0.3, -0.25) is 0 Å². The molecule has 0 aliphatic rings. The summed E-state index contributed by atoms with van der Waals surface area (Å²) in [6.07, 6.45) is 1.84. The number of rotatable bonds is 4. The highest BCUT2D eigenvalue weighted by atomic mass is 32.1. The van der Waals surface area contributed by atoms with Gasteiger partial charge in [-0.1, -0.05) is 25.5 Å². The van der Waals surface area contributed by atoms with Crippen molar-refractivity contribution in [2.45, 2.75) is 26.7 Å². The van der Waals surface area contributed by atoms with E-state index < -0.39 is 5.97 Å². The standard InChI is InChI=1S/C16H16N2O2S/c1-3-5-13-12-9-14(16(19)20)21-15(12)18(17-13)11-7-4-6-10(2)8-11/h4,6-9H,3,5H2,1-2H3,(H,19,20). The highest BCUT2D eigenvalue weighted by Crippen LogP contribution is 2.31. The zero-order valence-electron chi connectivity index (χ0n) is 12.0. The Labute approximate surface area is 126 Å². The zero-order chi connectivity index (χ0) is 15.0. The second kappa shape index (κ2) is 5.33. The minimum atomic E-state index is -0.880. The number of hydrogen-bond donors (Lipinski definition) is 1. The molecule has 0 amide bonds. The van der Waals surface area contributed by atoms with Crippen molar-refractivity contribution in [1.82, 2.24) is 9.78 Å². The molecule has 0 saturated heterocycles. The van der Waals surface area contributed by atoms with Crippen LogP contribution in [0.4, 0.5) is 0 Å². The maximum Gasteiger partial charge on any atom is 0.345 e. The fourth-order valence-corrected chi connectivity index (χ4v) is 3.42. The smallest absolute Gasteiger partial charge is 0.345 e. The maximum absolute atomic E-state index is 11.2. The molecule has 2 heterocycles. The van der Waals surface area contributed by atoms with Crippen LogP contribution >= 0.6 is 11.3 Å². The van der Waals surface area contributed by atoms with Crippen LogP contribution in [-0.4, -0.2) is 20.9 Å². The summed E-state index contributed by atoms with van der Waals surface area (Å²) >= 11 is 1.28. The Morgan fingerprint density at radius 1 is 1.38 bits per heavy atom. The average molecular weight is 300 g/mol. The molecule has 4 nitrogen and oxygen atoms in total. The van der Waals surface area contributed by atoms with Crippen LogP contribution < -0.4 is 0 Å². The van der Waals surface area contributed by atoms with Crippen LogP contribution in [0.3, 0.4) is 0 Å². The Balaban J connectivity index is 2.24. The van der Waals surface area contributed by atoms with Crippen molar-refractivity contribution in [3.8, 4) is 5.69 Å². The van der Waals surface area contributed by atoms with Crippen LogP contribution in [0.2, 0.25) is 0 Å². The predicted octanol–water partition coefficient (Wildman–Crippen LogP) is 4.05. The largest absolute Gasteiger partial charge is 0.477 e. The highest BCUT2D eigenvalue weighted by Gasteiger charge is 2.18. The molecule has 0 radical (unpaired) electrons. The van der Waals surface area contributed by atoms with Crippen molar-refractivity contribution in [2.24, 2.45) is 0 Å². The molecule has 21 heavy (non-hydrogen) atoms. The molecule has 0 saturated carbocycles. The lowest BCUT2D eigenvalue weighted by Gasteiger charge is -2.03. The van der Waals surface area contributed by atoms with Crippen molar-refractivity contribution in [2.75, 3.05) is 0 Å². The lowest BCUT2D eigenvalue weighted by atomic mass is 10.2. The van der Waals surface area contributed by atoms with Crippen LogP contribution in [0.1, 0.15) is 34.3 Å². The molecule has 0 aliphatic heterocycles. The quantitative estimate of drug-likeness (QED) is 0.791. The Morgan fingerprint density at radius 2 is 2.19 bits per heavy atom. The van der Waals surface area contributed by atoms with Gasteiger partial charge in [-0.25, -0.2) is 9.48 Å². The van der Waals surface area contributed by atoms with Crippen molar-refractivity contribution in [1.29, 1.82) is 0 Å². The molecular formula is C16H16N2O2S. The molecule has 3 rings (SSSR count). The molecule has 108 valence electrons. The zero-order valence-corrected chi connectivity index (χ0v) is 12.8. The van der Waals surface area contributed by atoms with Crippen molar-refractivity contribution >= 4 is 27.5 Å². The third-order valence-electron chi connectivity index (χ3n) is 3.38. The number of benzene rings is 1. The van der Waals surface area contributed by atoms with Gasteiger partial charge in [0.05, 0.1) is 11.4 Å². The van der Waals surface area contributed by atoms with Crippen LogP contribution in [0.5, 0.6) is 0 Å². The van der Waals surface area contributed by atoms with Gasteiger partial charge in [0, 0.05) is 5.39 Å². The van der Waals surface area contributed by atoms with Gasteiger partial charge in [-0.2, -0.15) is 5.10 Å². The Kier molecular flexibility index (Phi) is 3.51. The summed E-state index contributed by atoms with van der Waals surface area (Å²) in [6.45, 7) is 4.14. The van der Waals surface area contributed by atoms with Gasteiger partial charge in [0.15, 0.2) is 0 Å². The van der Waals surface area contributed by atoms with Crippen LogP contribution in [-0.2, 0) is 6.42 Å². The normalized spacial score (nSPS) is 11.1. The molecule has 5 heteroatoms. The van der Waals surface area contributed by atoms with Gasteiger partial charge in [0.1, 0.15) is 9.71 Å². The Bertz CT molecular complexity index is 817. The van der Waals surface area contributed by atoms with Crippen LogP contribution in [0.25, 0.3) is 15.9 Å². The third-order valence-corrected chi connectivity index (χ3v) is 4.48. The number of nitrogens with zero attached hydrogens (tertiary/aromatic N) is 2. The van der Waals surface area contributed by atoms with E-state index in [0.717, 1.165) is 40.0 Å². The van der Waals surface area contributed by atoms with Crippen molar-refractivity contribution < 1.29 is 9.90 Å². The first-order valence-corrected chi connectivity index (χ1v) is 7.73. The molecule has 1 aromatic carbocycles. The van der Waals surface area contributed by atoms with E-state index in [-0.39, 0.29) is 0 Å². The molecule has 0 spiro atoms. The number of carboxylic acids is 1. The van der Waals surface area contributed by atoms with Crippen LogP contribution in [0, 0.1) is 6.92 Å². The summed E-state index contributed by atoms with van der Waals surface area (Å²) in [4.78, 5) is 12.5. The summed E-state index contributed by atoms with van der Waals surface area (Å²) in [7, 11) is 0. The molecule has 1 N–H and O–H groups in total. The number of carboxylic acid groups (broad SMARTS) is 1. The molecule has 0 bridgehead atoms. The van der Waals surface area contributed by atoms with Gasteiger partial charge in [-0.15, -0.1) is 11.3 Å². The first kappa shape index (κ1) is 13.8. The molecule has 0 aliphatic carbocycles. The van der Waals surface area contributed by atoms with E-state index in [4.69, 9.17) is 0 Å². The molecular weight excluding hydrogens is 284 g/mol. The number of carbonyl (C=O) groups is 1. The topological polar surface area (TPSA) is 55.1 Å². The lowest BCUT2D eigenvalue weighted by Crippen LogP contribution is -1.98. The number of aromatic nitrogens is 2. The maximum atomic E-state index is 11.2. The highest BCUT2D eigenvalue weighted by molar-refractivity contribution is 7.20. The minimum absolute atomic E-state index is 0.362. The van der Waals surface area contributed by atoms with Gasteiger partial charge in [0.25, 0.3) is 0 Å². The summed E-state index contributed by atoms with van der Waals surface area (Å²) in [5.74, 6) is -0.880. The fourth-order valence-electron chi connectivity index (χ4n) is 2.43. The average Bonchev–Trinajstić information content (AvgIpc) is 3.00. The fraction of sp³-hybridized carbons (Fsp3) is 0.250. The second-order valence-corrected chi connectivity index (χ2v) is 6.11. The molecule has 0 unspecified atom stereocenters. The molecule has 3 aromatic rings. The summed E-state index contributed by atoms with van der Waals surface area (Å²) in [5, 5.41) is 14.9. The SMILES string of the molecule is CCCc1nn(-c2cccc(C)c2)c2sc(C(=O)O)cc12. The van der Waals surface area contributed by atoms with Crippen molar-refractivity contribution in [3.05, 3.63) is 46.5 Å². The van der Waals surface area contributed by atoms with Crippen LogP contribution in [0.15, 0.2) is 30.3 Å². The van der Waals surface area contributed by atoms with E-state index in [9.17, 15) is 9.90 Å². The van der Waals surface area contributed by atoms with Gasteiger partial charge < -0.3 is 5.11 Å². The summed E-state index contributed by atoms with van der Waals surface area (Å²) in [5.41, 5.74) is 3.10. The Morgan fingerprint density at radius 3 is 2.86 bits per heavy atom. The summed E-state index contributed by atoms with van der Waals surface area (Å²) < 4.78 is 1.87. The third kappa shape index (κ3) is 2.45. The molecule has 0 atom stereocenters. The van der Waals surface area contributed by atoms with E-state index in [1.165, 1.54) is 11.3 Å². The monoisotopic (exact) mass is 300 g/mol. The van der Waals surface area contributed by atoms with E-state index >= 15 is 0 Å². The number of thiophene rings is 1. The number of hydrogen-bond acceptors (Lipinski definition) is 3. The lowest BCUT2D eigenvalue weighted by molar-refractivity contribution is 0.0702. The second-order valence-electron chi connectivity index (χ2n) is 5.08. The first-order valence-electron chi connectivity index (χ1n) is 6.92. The number of aromatic carboxylic acids is 1. The minimum Gasteiger partial charge on any atom is -0.477 e. The predicted molar refractivity (Wildman–Crippen MR) is 84.6 cm³/mol. The van der Waals surface area contributed by atoms with E-state index in [0.29, 0.717) is 4.88 Å². The Hall–Kier alpha value is -2.14. The number of aryl methyl sites for hydroxylation is 2. The number of fused-ring (bicyclic) bond motifs is 1. The van der Waals surface area contributed by atoms with E-state index in [2.05, 4.69) is 18.1 Å².